The summed E-state index contributed by atoms with van der Waals surface area (Å²) in [5.74, 6) is 0.605. The molecule has 0 saturated carbocycles. The summed E-state index contributed by atoms with van der Waals surface area (Å²) in [6.07, 6.45) is 1.58. The number of nitrogens with zero attached hydrogens (tertiary/aromatic N) is 1. The van der Waals surface area contributed by atoms with E-state index in [-0.39, 0.29) is 0 Å². The molecule has 0 aliphatic rings. The maximum Gasteiger partial charge on any atom is 0.183 e. The minimum atomic E-state index is 0.605. The summed E-state index contributed by atoms with van der Waals surface area (Å²) in [6.45, 7) is 5.62. The van der Waals surface area contributed by atoms with Crippen molar-refractivity contribution in [3.8, 4) is 0 Å². The molecule has 0 amide bonds. The number of allylic oxidation sites excluding steroid dienone is 1. The second kappa shape index (κ2) is 5.20. The van der Waals surface area contributed by atoms with Crippen LogP contribution in [0.25, 0.3) is 5.76 Å². The van der Waals surface area contributed by atoms with Crippen molar-refractivity contribution in [3.63, 3.8) is 0 Å². The first kappa shape index (κ1) is 11.3. The van der Waals surface area contributed by atoms with Gasteiger partial charge in [-0.25, -0.2) is 0 Å². The highest BCUT2D eigenvalue weighted by Gasteiger charge is 2.05. The van der Waals surface area contributed by atoms with Gasteiger partial charge in [0, 0.05) is 11.8 Å². The second-order valence-corrected chi connectivity index (χ2v) is 3.33. The summed E-state index contributed by atoms with van der Waals surface area (Å²) in [5, 5.41) is 3.73. The third-order valence-corrected chi connectivity index (χ3v) is 1.92. The van der Waals surface area contributed by atoms with Crippen LogP contribution in [0, 0.1) is 6.92 Å². The zero-order chi connectivity index (χ0) is 11.3. The van der Waals surface area contributed by atoms with Crippen molar-refractivity contribution in [2.45, 2.75) is 20.8 Å². The molecule has 1 rings (SSSR count). The van der Waals surface area contributed by atoms with Gasteiger partial charge in [0.15, 0.2) is 5.76 Å². The molecular weight excluding hydrogens is 188 g/mol. The topological polar surface area (TPSA) is 47.6 Å². The predicted octanol–water partition coefficient (Wildman–Crippen LogP) is 2.66. The first-order valence-electron chi connectivity index (χ1n) is 4.83. The van der Waals surface area contributed by atoms with Gasteiger partial charge in [-0.3, -0.25) is 0 Å². The molecular formula is C12H16N2O. The van der Waals surface area contributed by atoms with Gasteiger partial charge in [-0.1, -0.05) is 35.0 Å². The monoisotopic (exact) mass is 204 g/mol. The van der Waals surface area contributed by atoms with Gasteiger partial charge in [0.1, 0.15) is 0 Å². The molecule has 0 atom stereocenters. The Hall–Kier alpha value is -1.77. The minimum absolute atomic E-state index is 0.605. The molecule has 1 aromatic rings. The lowest BCUT2D eigenvalue weighted by molar-refractivity contribution is 0.297. The molecule has 15 heavy (non-hydrogen) atoms. The summed E-state index contributed by atoms with van der Waals surface area (Å²) in [4.78, 5) is 5.20. The molecule has 0 radical (unpaired) electrons. The Morgan fingerprint density at radius 3 is 2.40 bits per heavy atom. The zero-order valence-corrected chi connectivity index (χ0v) is 9.32. The van der Waals surface area contributed by atoms with E-state index in [1.807, 2.05) is 31.2 Å². The predicted molar refractivity (Wildman–Crippen MR) is 63.2 cm³/mol. The van der Waals surface area contributed by atoms with Crippen LogP contribution in [0.5, 0.6) is 0 Å². The molecule has 0 bridgehead atoms. The van der Waals surface area contributed by atoms with Crippen molar-refractivity contribution in [2.24, 2.45) is 10.9 Å². The molecule has 0 saturated heterocycles. The normalized spacial score (nSPS) is 12.7. The van der Waals surface area contributed by atoms with Gasteiger partial charge >= 0.3 is 0 Å². The van der Waals surface area contributed by atoms with E-state index in [1.54, 1.807) is 20.1 Å². The summed E-state index contributed by atoms with van der Waals surface area (Å²) >= 11 is 0. The first-order chi connectivity index (χ1) is 7.15. The van der Waals surface area contributed by atoms with Crippen molar-refractivity contribution >= 4 is 12.0 Å². The van der Waals surface area contributed by atoms with E-state index in [0.29, 0.717) is 11.5 Å². The maximum absolute atomic E-state index is 5.73. The summed E-state index contributed by atoms with van der Waals surface area (Å²) in [7, 11) is 0. The van der Waals surface area contributed by atoms with Crippen molar-refractivity contribution < 1.29 is 4.84 Å². The summed E-state index contributed by atoms with van der Waals surface area (Å²) in [6, 6.07) is 7.95. The molecule has 1 aromatic carbocycles. The molecule has 0 aromatic heterocycles. The van der Waals surface area contributed by atoms with Crippen molar-refractivity contribution in [1.29, 1.82) is 0 Å². The molecule has 3 heteroatoms. The lowest BCUT2D eigenvalue weighted by Gasteiger charge is -2.07. The van der Waals surface area contributed by atoms with Crippen LogP contribution < -0.4 is 5.73 Å². The zero-order valence-electron chi connectivity index (χ0n) is 9.32. The van der Waals surface area contributed by atoms with Crippen molar-refractivity contribution in [3.05, 3.63) is 41.1 Å². The van der Waals surface area contributed by atoms with Gasteiger partial charge in [-0.2, -0.15) is 0 Å². The highest BCUT2D eigenvalue weighted by molar-refractivity contribution is 5.63. The summed E-state index contributed by atoms with van der Waals surface area (Å²) < 4.78 is 0. The standard InChI is InChI=1S/C12H16N2O/c1-4-14-15-12(10(3)13)11-7-5-9(2)6-8-11/h4-8H,13H2,1-3H3/b12-10+,14-4+. The molecule has 0 heterocycles. The van der Waals surface area contributed by atoms with Gasteiger partial charge in [0.05, 0.1) is 5.70 Å². The van der Waals surface area contributed by atoms with Crippen LogP contribution in [-0.2, 0) is 4.84 Å². The Morgan fingerprint density at radius 1 is 1.33 bits per heavy atom. The van der Waals surface area contributed by atoms with Crippen LogP contribution in [0.3, 0.4) is 0 Å². The lowest BCUT2D eigenvalue weighted by Crippen LogP contribution is -1.99. The molecule has 0 spiro atoms. The van der Waals surface area contributed by atoms with E-state index >= 15 is 0 Å². The Morgan fingerprint density at radius 2 is 1.93 bits per heavy atom. The third kappa shape index (κ3) is 3.13. The van der Waals surface area contributed by atoms with Crippen molar-refractivity contribution in [2.75, 3.05) is 0 Å². The van der Waals surface area contributed by atoms with Crippen LogP contribution in [0.15, 0.2) is 35.1 Å². The molecule has 0 aliphatic heterocycles. The molecule has 80 valence electrons. The van der Waals surface area contributed by atoms with Gasteiger partial charge in [0.25, 0.3) is 0 Å². The van der Waals surface area contributed by atoms with Crippen LogP contribution in [0.2, 0.25) is 0 Å². The fraction of sp³-hybridized carbons (Fsp3) is 0.250. The molecule has 3 nitrogen and oxygen atoms in total. The van der Waals surface area contributed by atoms with Gasteiger partial charge in [-0.15, -0.1) is 0 Å². The number of oxime groups is 1. The van der Waals surface area contributed by atoms with Crippen molar-refractivity contribution in [1.82, 2.24) is 0 Å². The number of hydrogen-bond acceptors (Lipinski definition) is 3. The Kier molecular flexibility index (Phi) is 3.92. The van der Waals surface area contributed by atoms with E-state index in [4.69, 9.17) is 10.6 Å². The highest BCUT2D eigenvalue weighted by atomic mass is 16.6. The highest BCUT2D eigenvalue weighted by Crippen LogP contribution is 2.18. The number of benzene rings is 1. The van der Waals surface area contributed by atoms with E-state index in [1.165, 1.54) is 5.56 Å². The average molecular weight is 204 g/mol. The molecule has 2 N–H and O–H groups in total. The van der Waals surface area contributed by atoms with Crippen LogP contribution in [0.4, 0.5) is 0 Å². The van der Waals surface area contributed by atoms with Gasteiger partial charge < -0.3 is 10.6 Å². The Bertz CT molecular complexity index is 373. The molecule has 0 fully saturated rings. The van der Waals surface area contributed by atoms with Crippen LogP contribution in [-0.4, -0.2) is 6.21 Å². The number of hydrogen-bond donors (Lipinski definition) is 1. The Labute approximate surface area is 90.2 Å². The number of aryl methyl sites for hydroxylation is 1. The van der Waals surface area contributed by atoms with Gasteiger partial charge in [0.2, 0.25) is 0 Å². The fourth-order valence-electron chi connectivity index (χ4n) is 1.16. The van der Waals surface area contributed by atoms with E-state index in [9.17, 15) is 0 Å². The smallest absolute Gasteiger partial charge is 0.183 e. The SMILES string of the molecule is C/C=N/O/C(=C(\C)N)c1ccc(C)cc1. The van der Waals surface area contributed by atoms with E-state index < -0.39 is 0 Å². The summed E-state index contributed by atoms with van der Waals surface area (Å²) in [5.41, 5.74) is 8.48. The van der Waals surface area contributed by atoms with E-state index in [2.05, 4.69) is 5.16 Å². The quantitative estimate of drug-likeness (QED) is 0.467. The minimum Gasteiger partial charge on any atom is -0.399 e. The van der Waals surface area contributed by atoms with Crippen LogP contribution >= 0.6 is 0 Å². The average Bonchev–Trinajstić information content (AvgIpc) is 2.21. The fourth-order valence-corrected chi connectivity index (χ4v) is 1.16. The second-order valence-electron chi connectivity index (χ2n) is 3.33. The maximum atomic E-state index is 5.73. The molecule has 0 unspecified atom stereocenters. The number of rotatable bonds is 3. The Balaban J connectivity index is 3.01. The van der Waals surface area contributed by atoms with Gasteiger partial charge in [-0.05, 0) is 20.8 Å². The van der Waals surface area contributed by atoms with Crippen LogP contribution in [0.1, 0.15) is 25.0 Å². The van der Waals surface area contributed by atoms with E-state index in [0.717, 1.165) is 5.56 Å². The third-order valence-electron chi connectivity index (χ3n) is 1.92. The number of nitrogens with two attached hydrogens (primary N) is 1. The first-order valence-corrected chi connectivity index (χ1v) is 4.83. The molecule has 0 aliphatic carbocycles. The lowest BCUT2D eigenvalue weighted by atomic mass is 10.1. The largest absolute Gasteiger partial charge is 0.399 e.